The zero-order valence-electron chi connectivity index (χ0n) is 10.2. The van der Waals surface area contributed by atoms with Crippen LogP contribution in [0.15, 0.2) is 17.8 Å². The van der Waals surface area contributed by atoms with Crippen molar-refractivity contribution in [2.75, 3.05) is 0 Å². The monoisotopic (exact) mass is 260 g/mol. The molecule has 0 saturated heterocycles. The van der Waals surface area contributed by atoms with Gasteiger partial charge in [-0.15, -0.1) is 11.3 Å². The third kappa shape index (κ3) is 1.62. The molecular weight excluding hydrogens is 244 g/mol. The molecule has 2 fully saturated rings. The highest BCUT2D eigenvalue weighted by atomic mass is 32.1. The first-order valence-electron chi connectivity index (χ1n) is 6.73. The highest BCUT2D eigenvalue weighted by Gasteiger charge is 2.42. The van der Waals surface area contributed by atoms with Crippen LogP contribution in [-0.2, 0) is 11.2 Å². The van der Waals surface area contributed by atoms with Gasteiger partial charge in [-0.25, -0.2) is 4.98 Å². The summed E-state index contributed by atoms with van der Waals surface area (Å²) in [4.78, 5) is 17.9. The Balaban J connectivity index is 1.51. The van der Waals surface area contributed by atoms with Crippen LogP contribution in [0.25, 0.3) is 4.96 Å². The predicted molar refractivity (Wildman–Crippen MR) is 70.7 cm³/mol. The smallest absolute Gasteiger partial charge is 0.193 e. The second-order valence-corrected chi connectivity index (χ2v) is 6.62. The Hall–Kier alpha value is -1.16. The van der Waals surface area contributed by atoms with Gasteiger partial charge in [0.05, 0.1) is 12.1 Å². The molecule has 2 heterocycles. The third-order valence-corrected chi connectivity index (χ3v) is 5.42. The lowest BCUT2D eigenvalue weighted by Crippen LogP contribution is -2.22. The van der Waals surface area contributed by atoms with E-state index < -0.39 is 0 Å². The van der Waals surface area contributed by atoms with E-state index in [0.717, 1.165) is 23.0 Å². The molecule has 0 aromatic carbocycles. The van der Waals surface area contributed by atoms with Gasteiger partial charge in [-0.2, -0.15) is 0 Å². The molecule has 2 aromatic rings. The average molecular weight is 260 g/mol. The minimum absolute atomic E-state index is 0.337. The van der Waals surface area contributed by atoms with E-state index in [9.17, 15) is 4.79 Å². The fourth-order valence-electron chi connectivity index (χ4n) is 3.81. The summed E-state index contributed by atoms with van der Waals surface area (Å²) in [6.45, 7) is 0. The van der Waals surface area contributed by atoms with Crippen LogP contribution in [0.2, 0.25) is 0 Å². The first-order valence-corrected chi connectivity index (χ1v) is 7.61. The molecule has 94 valence electrons. The van der Waals surface area contributed by atoms with Crippen molar-refractivity contribution in [2.45, 2.75) is 32.1 Å². The van der Waals surface area contributed by atoms with Crippen molar-refractivity contribution in [3.63, 3.8) is 0 Å². The highest BCUT2D eigenvalue weighted by Crippen LogP contribution is 2.48. The van der Waals surface area contributed by atoms with Gasteiger partial charge in [-0.05, 0) is 31.1 Å². The number of Topliss-reactive ketones (excluding diaryl/α,β-unsaturated/α-hetero) is 1. The number of fused-ring (bicyclic) bond motifs is 3. The minimum atomic E-state index is 0.337. The van der Waals surface area contributed by atoms with Gasteiger partial charge in [0.25, 0.3) is 0 Å². The lowest BCUT2D eigenvalue weighted by molar-refractivity contribution is -0.123. The van der Waals surface area contributed by atoms with Gasteiger partial charge < -0.3 is 0 Å². The van der Waals surface area contributed by atoms with Crippen LogP contribution >= 0.6 is 11.3 Å². The summed E-state index contributed by atoms with van der Waals surface area (Å²) >= 11 is 1.62. The van der Waals surface area contributed by atoms with E-state index in [0.29, 0.717) is 24.0 Å². The number of ketones is 1. The Morgan fingerprint density at radius 1 is 1.44 bits per heavy atom. The average Bonchev–Trinajstić information content (AvgIpc) is 3.07. The second kappa shape index (κ2) is 3.92. The molecule has 2 aromatic heterocycles. The van der Waals surface area contributed by atoms with Crippen LogP contribution in [0.4, 0.5) is 0 Å². The summed E-state index contributed by atoms with van der Waals surface area (Å²) in [5, 5.41) is 2.02. The predicted octanol–water partition coefficient (Wildman–Crippen LogP) is 2.94. The summed E-state index contributed by atoms with van der Waals surface area (Å²) in [6, 6.07) is 0. The maximum absolute atomic E-state index is 12.4. The van der Waals surface area contributed by atoms with Crippen LogP contribution in [0.5, 0.6) is 0 Å². The van der Waals surface area contributed by atoms with Gasteiger partial charge in [-0.1, -0.05) is 6.42 Å². The molecule has 0 aliphatic heterocycles. The topological polar surface area (TPSA) is 34.4 Å². The number of rotatable bonds is 3. The molecule has 0 spiro atoms. The third-order valence-electron chi connectivity index (χ3n) is 4.65. The Labute approximate surface area is 110 Å². The van der Waals surface area contributed by atoms with Crippen molar-refractivity contribution < 1.29 is 4.79 Å². The van der Waals surface area contributed by atoms with Gasteiger partial charge in [0.15, 0.2) is 4.96 Å². The zero-order valence-corrected chi connectivity index (χ0v) is 11.0. The Bertz CT molecular complexity index is 571. The fourth-order valence-corrected chi connectivity index (χ4v) is 4.53. The molecule has 2 aliphatic rings. The number of nitrogens with zero attached hydrogens (tertiary/aromatic N) is 2. The van der Waals surface area contributed by atoms with Crippen LogP contribution in [0, 0.1) is 17.8 Å². The van der Waals surface area contributed by atoms with Crippen LogP contribution in [0.1, 0.15) is 31.4 Å². The van der Waals surface area contributed by atoms with Gasteiger partial charge in [-0.3, -0.25) is 9.20 Å². The van der Waals surface area contributed by atoms with Gasteiger partial charge in [0.1, 0.15) is 5.78 Å². The molecule has 2 bridgehead atoms. The molecule has 3 unspecified atom stereocenters. The van der Waals surface area contributed by atoms with E-state index in [1.807, 2.05) is 22.2 Å². The molecule has 4 heteroatoms. The molecule has 2 aliphatic carbocycles. The molecule has 0 amide bonds. The molecule has 3 atom stereocenters. The highest BCUT2D eigenvalue weighted by molar-refractivity contribution is 7.15. The van der Waals surface area contributed by atoms with E-state index >= 15 is 0 Å². The van der Waals surface area contributed by atoms with E-state index in [1.54, 1.807) is 11.3 Å². The number of thiazole rings is 1. The Morgan fingerprint density at radius 2 is 2.39 bits per heavy atom. The van der Waals surface area contributed by atoms with Crippen LogP contribution < -0.4 is 0 Å². The van der Waals surface area contributed by atoms with E-state index in [1.165, 1.54) is 19.3 Å². The summed E-state index contributed by atoms with van der Waals surface area (Å²) in [5.41, 5.74) is 0.939. The van der Waals surface area contributed by atoms with Gasteiger partial charge in [0, 0.05) is 23.7 Å². The van der Waals surface area contributed by atoms with Gasteiger partial charge >= 0.3 is 0 Å². The standard InChI is InChI=1S/C14H16N2OS/c17-13(12-6-9-1-2-10(12)5-9)7-11-8-16-3-4-18-14(16)15-11/h3-4,8-10,12H,1-2,5-7H2. The summed E-state index contributed by atoms with van der Waals surface area (Å²) in [6.07, 6.45) is 9.60. The number of hydrogen-bond acceptors (Lipinski definition) is 3. The molecular formula is C14H16N2OS. The van der Waals surface area contributed by atoms with Crippen molar-refractivity contribution in [2.24, 2.45) is 17.8 Å². The van der Waals surface area contributed by atoms with Crippen molar-refractivity contribution in [3.8, 4) is 0 Å². The number of imidazole rings is 1. The molecule has 4 rings (SSSR count). The Morgan fingerprint density at radius 3 is 3.11 bits per heavy atom. The first kappa shape index (κ1) is 10.7. The second-order valence-electron chi connectivity index (χ2n) is 5.75. The lowest BCUT2D eigenvalue weighted by atomic mass is 9.84. The quantitative estimate of drug-likeness (QED) is 0.850. The van der Waals surface area contributed by atoms with Crippen LogP contribution in [0.3, 0.4) is 0 Å². The Kier molecular flexibility index (Phi) is 2.34. The van der Waals surface area contributed by atoms with Crippen molar-refractivity contribution in [3.05, 3.63) is 23.5 Å². The van der Waals surface area contributed by atoms with E-state index in [4.69, 9.17) is 0 Å². The SMILES string of the molecule is O=C(Cc1cn2ccsc2n1)C1CC2CCC1C2. The minimum Gasteiger partial charge on any atom is -0.299 e. The first-order chi connectivity index (χ1) is 8.79. The van der Waals surface area contributed by atoms with Crippen molar-refractivity contribution in [1.29, 1.82) is 0 Å². The van der Waals surface area contributed by atoms with E-state index in [2.05, 4.69) is 4.98 Å². The molecule has 3 nitrogen and oxygen atoms in total. The number of carbonyl (C=O) groups is 1. The lowest BCUT2D eigenvalue weighted by Gasteiger charge is -2.19. The van der Waals surface area contributed by atoms with Crippen molar-refractivity contribution in [1.82, 2.24) is 9.38 Å². The summed E-state index contributed by atoms with van der Waals surface area (Å²) < 4.78 is 2.01. The maximum Gasteiger partial charge on any atom is 0.193 e. The molecule has 2 saturated carbocycles. The summed E-state index contributed by atoms with van der Waals surface area (Å²) in [5.74, 6) is 2.29. The van der Waals surface area contributed by atoms with Gasteiger partial charge in [0.2, 0.25) is 0 Å². The largest absolute Gasteiger partial charge is 0.299 e. The van der Waals surface area contributed by atoms with E-state index in [-0.39, 0.29) is 0 Å². The zero-order chi connectivity index (χ0) is 12.1. The molecule has 0 N–H and O–H groups in total. The molecule has 18 heavy (non-hydrogen) atoms. The fraction of sp³-hybridized carbons (Fsp3) is 0.571. The summed E-state index contributed by atoms with van der Waals surface area (Å²) in [7, 11) is 0. The van der Waals surface area contributed by atoms with Crippen molar-refractivity contribution >= 4 is 22.1 Å². The number of hydrogen-bond donors (Lipinski definition) is 0. The van der Waals surface area contributed by atoms with Crippen LogP contribution in [-0.4, -0.2) is 15.2 Å². The molecule has 0 radical (unpaired) electrons. The maximum atomic E-state index is 12.4. The normalized spacial score (nSPS) is 30.3. The number of aromatic nitrogens is 2. The number of carbonyl (C=O) groups excluding carboxylic acids is 1.